The number of morpholine rings is 1. The lowest BCUT2D eigenvalue weighted by atomic mass is 10.3. The third-order valence-electron chi connectivity index (χ3n) is 3.73. The summed E-state index contributed by atoms with van der Waals surface area (Å²) in [6.45, 7) is 4.94. The van der Waals surface area contributed by atoms with E-state index in [4.69, 9.17) is 9.47 Å². The van der Waals surface area contributed by atoms with E-state index in [1.165, 1.54) is 0 Å². The number of aromatic amines is 1. The highest BCUT2D eigenvalue weighted by Gasteiger charge is 2.12. The van der Waals surface area contributed by atoms with Gasteiger partial charge in [0.25, 0.3) is 0 Å². The molecule has 0 spiro atoms. The number of nitrogens with zero attached hydrogens (tertiary/aromatic N) is 2. The molecule has 3 rings (SSSR count). The molecule has 1 aromatic heterocycles. The van der Waals surface area contributed by atoms with E-state index in [2.05, 4.69) is 9.88 Å². The Balaban J connectivity index is 1.82. The molecule has 2 heterocycles. The lowest BCUT2D eigenvalue weighted by Crippen LogP contribution is -2.39. The van der Waals surface area contributed by atoms with Crippen LogP contribution in [-0.4, -0.2) is 54.4 Å². The average molecular weight is 277 g/mol. The molecule has 0 amide bonds. The second-order valence-corrected chi connectivity index (χ2v) is 4.92. The zero-order valence-electron chi connectivity index (χ0n) is 11.6. The number of hydrogen-bond acceptors (Lipinski definition) is 4. The van der Waals surface area contributed by atoms with E-state index in [1.54, 1.807) is 11.7 Å². The van der Waals surface area contributed by atoms with Gasteiger partial charge in [0.15, 0.2) is 0 Å². The van der Waals surface area contributed by atoms with Crippen LogP contribution in [-0.2, 0) is 11.3 Å². The normalized spacial score (nSPS) is 16.6. The minimum atomic E-state index is -0.0680. The number of imidazole rings is 1. The van der Waals surface area contributed by atoms with Crippen molar-refractivity contribution in [1.29, 1.82) is 0 Å². The second-order valence-electron chi connectivity index (χ2n) is 4.92. The Morgan fingerprint density at radius 1 is 1.30 bits per heavy atom. The maximum Gasteiger partial charge on any atom is 0.326 e. The van der Waals surface area contributed by atoms with E-state index in [0.717, 1.165) is 49.6 Å². The number of methoxy groups -OCH3 is 1. The van der Waals surface area contributed by atoms with Crippen LogP contribution in [0, 0.1) is 0 Å². The fourth-order valence-corrected chi connectivity index (χ4v) is 2.55. The van der Waals surface area contributed by atoms with Crippen molar-refractivity contribution in [2.45, 2.75) is 6.54 Å². The number of rotatable bonds is 4. The van der Waals surface area contributed by atoms with Gasteiger partial charge in [0, 0.05) is 32.2 Å². The molecule has 1 N–H and O–H groups in total. The van der Waals surface area contributed by atoms with Crippen molar-refractivity contribution in [3.8, 4) is 5.75 Å². The molecular formula is C14H19N3O3. The monoisotopic (exact) mass is 277 g/mol. The second kappa shape index (κ2) is 5.68. The Bertz CT molecular complexity index is 641. The van der Waals surface area contributed by atoms with Crippen molar-refractivity contribution in [3.63, 3.8) is 0 Å². The molecule has 6 nitrogen and oxygen atoms in total. The molecule has 0 unspecified atom stereocenters. The van der Waals surface area contributed by atoms with Crippen LogP contribution in [0.4, 0.5) is 0 Å². The third kappa shape index (κ3) is 2.57. The van der Waals surface area contributed by atoms with Gasteiger partial charge in [0.1, 0.15) is 5.75 Å². The fraction of sp³-hybridized carbons (Fsp3) is 0.500. The van der Waals surface area contributed by atoms with Crippen molar-refractivity contribution in [1.82, 2.24) is 14.5 Å². The zero-order valence-corrected chi connectivity index (χ0v) is 11.6. The smallest absolute Gasteiger partial charge is 0.326 e. The minimum absolute atomic E-state index is 0.0680. The van der Waals surface area contributed by atoms with Gasteiger partial charge >= 0.3 is 5.69 Å². The van der Waals surface area contributed by atoms with Gasteiger partial charge < -0.3 is 14.5 Å². The highest BCUT2D eigenvalue weighted by Crippen LogP contribution is 2.18. The van der Waals surface area contributed by atoms with E-state index in [0.29, 0.717) is 6.54 Å². The summed E-state index contributed by atoms with van der Waals surface area (Å²) >= 11 is 0. The molecule has 1 aliphatic heterocycles. The Morgan fingerprint density at radius 2 is 2.10 bits per heavy atom. The number of nitrogens with one attached hydrogen (secondary N) is 1. The first-order chi connectivity index (χ1) is 9.78. The summed E-state index contributed by atoms with van der Waals surface area (Å²) in [5.74, 6) is 0.761. The standard InChI is InChI=1S/C14H19N3O3/c1-19-11-2-3-12-13(10-11)17(14(18)15-12)5-4-16-6-8-20-9-7-16/h2-3,10H,4-9H2,1H3,(H,15,18). The summed E-state index contributed by atoms with van der Waals surface area (Å²) < 4.78 is 12.3. The quantitative estimate of drug-likeness (QED) is 0.892. The van der Waals surface area contributed by atoms with Crippen LogP contribution in [0.2, 0.25) is 0 Å². The van der Waals surface area contributed by atoms with Gasteiger partial charge in [-0.25, -0.2) is 4.79 Å². The van der Waals surface area contributed by atoms with Gasteiger partial charge in [-0.1, -0.05) is 0 Å². The van der Waals surface area contributed by atoms with E-state index in [-0.39, 0.29) is 5.69 Å². The van der Waals surface area contributed by atoms with Crippen molar-refractivity contribution < 1.29 is 9.47 Å². The molecule has 0 aliphatic carbocycles. The summed E-state index contributed by atoms with van der Waals surface area (Å²) in [5.41, 5.74) is 1.67. The zero-order chi connectivity index (χ0) is 13.9. The number of aromatic nitrogens is 2. The van der Waals surface area contributed by atoms with Gasteiger partial charge in [0.2, 0.25) is 0 Å². The van der Waals surface area contributed by atoms with Gasteiger partial charge in [-0.15, -0.1) is 0 Å². The molecule has 0 atom stereocenters. The van der Waals surface area contributed by atoms with E-state index in [9.17, 15) is 4.79 Å². The lowest BCUT2D eigenvalue weighted by molar-refractivity contribution is 0.0364. The fourth-order valence-electron chi connectivity index (χ4n) is 2.55. The number of benzene rings is 1. The molecule has 1 saturated heterocycles. The van der Waals surface area contributed by atoms with Crippen LogP contribution < -0.4 is 10.4 Å². The Hall–Kier alpha value is -1.79. The Morgan fingerprint density at radius 3 is 2.85 bits per heavy atom. The average Bonchev–Trinajstić information content (AvgIpc) is 2.80. The predicted octanol–water partition coefficient (Wildman–Crippen LogP) is 0.670. The van der Waals surface area contributed by atoms with Crippen molar-refractivity contribution >= 4 is 11.0 Å². The van der Waals surface area contributed by atoms with E-state index in [1.807, 2.05) is 18.2 Å². The summed E-state index contributed by atoms with van der Waals surface area (Å²) in [5, 5.41) is 0. The van der Waals surface area contributed by atoms with Crippen LogP contribution in [0.25, 0.3) is 11.0 Å². The predicted molar refractivity (Wildman–Crippen MR) is 76.4 cm³/mol. The number of hydrogen-bond donors (Lipinski definition) is 1. The van der Waals surface area contributed by atoms with Crippen LogP contribution in [0.5, 0.6) is 5.75 Å². The van der Waals surface area contributed by atoms with Crippen LogP contribution in [0.3, 0.4) is 0 Å². The molecular weight excluding hydrogens is 258 g/mol. The molecule has 0 radical (unpaired) electrons. The maximum absolute atomic E-state index is 12.0. The van der Waals surface area contributed by atoms with Crippen molar-refractivity contribution in [2.75, 3.05) is 40.0 Å². The SMILES string of the molecule is COc1ccc2[nH]c(=O)n(CCN3CCOCC3)c2c1. The first-order valence-electron chi connectivity index (χ1n) is 6.84. The van der Waals surface area contributed by atoms with Gasteiger partial charge in [-0.3, -0.25) is 9.47 Å². The summed E-state index contributed by atoms with van der Waals surface area (Å²) in [6.07, 6.45) is 0. The van der Waals surface area contributed by atoms with E-state index >= 15 is 0 Å². The first-order valence-corrected chi connectivity index (χ1v) is 6.84. The molecule has 6 heteroatoms. The molecule has 2 aromatic rings. The van der Waals surface area contributed by atoms with E-state index < -0.39 is 0 Å². The Labute approximate surface area is 116 Å². The molecule has 1 fully saturated rings. The van der Waals surface area contributed by atoms with Gasteiger partial charge in [-0.05, 0) is 12.1 Å². The maximum atomic E-state index is 12.0. The van der Waals surface area contributed by atoms with Crippen LogP contribution >= 0.6 is 0 Å². The Kier molecular flexibility index (Phi) is 3.75. The summed E-state index contributed by atoms with van der Waals surface area (Å²) in [4.78, 5) is 17.2. The first kappa shape index (κ1) is 13.2. The summed E-state index contributed by atoms with van der Waals surface area (Å²) in [6, 6.07) is 5.62. The molecule has 20 heavy (non-hydrogen) atoms. The molecule has 108 valence electrons. The van der Waals surface area contributed by atoms with Crippen molar-refractivity contribution in [2.24, 2.45) is 0 Å². The molecule has 0 bridgehead atoms. The highest BCUT2D eigenvalue weighted by molar-refractivity contribution is 5.76. The largest absolute Gasteiger partial charge is 0.497 e. The number of ether oxygens (including phenoxy) is 2. The molecule has 1 aliphatic rings. The number of fused-ring (bicyclic) bond motifs is 1. The third-order valence-corrected chi connectivity index (χ3v) is 3.73. The molecule has 1 aromatic carbocycles. The topological polar surface area (TPSA) is 59.5 Å². The minimum Gasteiger partial charge on any atom is -0.497 e. The van der Waals surface area contributed by atoms with Crippen molar-refractivity contribution in [3.05, 3.63) is 28.7 Å². The molecule has 0 saturated carbocycles. The lowest BCUT2D eigenvalue weighted by Gasteiger charge is -2.26. The number of H-pyrrole nitrogens is 1. The van der Waals surface area contributed by atoms with Crippen LogP contribution in [0.1, 0.15) is 0 Å². The summed E-state index contributed by atoms with van der Waals surface area (Å²) in [7, 11) is 1.63. The highest BCUT2D eigenvalue weighted by atomic mass is 16.5. The van der Waals surface area contributed by atoms with Gasteiger partial charge in [-0.2, -0.15) is 0 Å². The van der Waals surface area contributed by atoms with Gasteiger partial charge in [0.05, 0.1) is 31.4 Å². The van der Waals surface area contributed by atoms with Crippen LogP contribution in [0.15, 0.2) is 23.0 Å².